The summed E-state index contributed by atoms with van der Waals surface area (Å²) >= 11 is 1.40. The number of carbonyl (C=O) groups is 1. The molecule has 1 amide bonds. The third-order valence-electron chi connectivity index (χ3n) is 3.93. The summed E-state index contributed by atoms with van der Waals surface area (Å²) in [6.45, 7) is 6.64. The van der Waals surface area contributed by atoms with Crippen molar-refractivity contribution >= 4 is 33.1 Å². The molecule has 2 heterocycles. The van der Waals surface area contributed by atoms with E-state index in [1.807, 2.05) is 35.7 Å². The Hall–Kier alpha value is -2.40. The molecule has 0 saturated heterocycles. The SMILES string of the molecule is CC(C)(C)c1ccc(NC(=O)Cn2ccc(=O)c3sccc32)cc1. The number of anilines is 1. The fraction of sp³-hybridized carbons (Fsp3) is 0.263. The topological polar surface area (TPSA) is 51.1 Å². The molecule has 4 nitrogen and oxygen atoms in total. The molecule has 124 valence electrons. The van der Waals surface area contributed by atoms with E-state index in [1.54, 1.807) is 10.8 Å². The number of fused-ring (bicyclic) bond motifs is 1. The molecule has 0 spiro atoms. The van der Waals surface area contributed by atoms with Gasteiger partial charge in [-0.3, -0.25) is 9.59 Å². The molecule has 0 atom stereocenters. The molecule has 1 N–H and O–H groups in total. The van der Waals surface area contributed by atoms with Gasteiger partial charge in [0, 0.05) is 18.0 Å². The summed E-state index contributed by atoms with van der Waals surface area (Å²) in [6.07, 6.45) is 1.67. The zero-order valence-corrected chi connectivity index (χ0v) is 14.8. The van der Waals surface area contributed by atoms with Gasteiger partial charge in [-0.25, -0.2) is 0 Å². The molecule has 0 radical (unpaired) electrons. The van der Waals surface area contributed by atoms with Crippen LogP contribution in [0.2, 0.25) is 0 Å². The Kier molecular flexibility index (Phi) is 4.28. The van der Waals surface area contributed by atoms with Crippen LogP contribution in [-0.4, -0.2) is 10.5 Å². The van der Waals surface area contributed by atoms with Crippen molar-refractivity contribution in [3.8, 4) is 0 Å². The second-order valence-corrected chi connectivity index (χ2v) is 7.73. The van der Waals surface area contributed by atoms with Gasteiger partial charge in [-0.05, 0) is 34.6 Å². The van der Waals surface area contributed by atoms with E-state index in [4.69, 9.17) is 0 Å². The van der Waals surface area contributed by atoms with Gasteiger partial charge in [-0.2, -0.15) is 0 Å². The summed E-state index contributed by atoms with van der Waals surface area (Å²) in [5.74, 6) is -0.116. The first-order chi connectivity index (χ1) is 11.3. The van der Waals surface area contributed by atoms with E-state index in [-0.39, 0.29) is 23.3 Å². The van der Waals surface area contributed by atoms with Gasteiger partial charge in [0.25, 0.3) is 0 Å². The van der Waals surface area contributed by atoms with Crippen molar-refractivity contribution in [2.75, 3.05) is 5.32 Å². The van der Waals surface area contributed by atoms with Gasteiger partial charge in [0.15, 0.2) is 5.43 Å². The van der Waals surface area contributed by atoms with Crippen LogP contribution in [0, 0.1) is 0 Å². The van der Waals surface area contributed by atoms with Crippen molar-refractivity contribution in [2.45, 2.75) is 32.7 Å². The molecule has 5 heteroatoms. The Balaban J connectivity index is 1.74. The van der Waals surface area contributed by atoms with Crippen molar-refractivity contribution < 1.29 is 4.79 Å². The van der Waals surface area contributed by atoms with E-state index >= 15 is 0 Å². The average Bonchev–Trinajstić information content (AvgIpc) is 3.00. The highest BCUT2D eigenvalue weighted by molar-refractivity contribution is 7.17. The predicted molar refractivity (Wildman–Crippen MR) is 99.9 cm³/mol. The predicted octanol–water partition coefficient (Wildman–Crippen LogP) is 4.00. The molecule has 1 aromatic carbocycles. The first-order valence-electron chi connectivity index (χ1n) is 7.82. The molecule has 0 fully saturated rings. The van der Waals surface area contributed by atoms with E-state index in [9.17, 15) is 9.59 Å². The third kappa shape index (κ3) is 3.41. The summed E-state index contributed by atoms with van der Waals surface area (Å²) < 4.78 is 2.48. The molecular formula is C19H20N2O2S. The van der Waals surface area contributed by atoms with Gasteiger partial charge in [0.1, 0.15) is 6.54 Å². The summed E-state index contributed by atoms with van der Waals surface area (Å²) in [7, 11) is 0. The minimum absolute atomic E-state index is 0.00516. The number of amides is 1. The standard InChI is InChI=1S/C19H20N2O2S/c1-19(2,3)13-4-6-14(7-5-13)20-17(23)12-21-10-8-16(22)18-15(21)9-11-24-18/h4-11H,12H2,1-3H3,(H,20,23). The molecule has 0 bridgehead atoms. The second kappa shape index (κ2) is 6.24. The number of nitrogens with zero attached hydrogens (tertiary/aromatic N) is 1. The molecule has 2 aromatic heterocycles. The zero-order valence-electron chi connectivity index (χ0n) is 14.0. The van der Waals surface area contributed by atoms with E-state index < -0.39 is 0 Å². The maximum Gasteiger partial charge on any atom is 0.244 e. The van der Waals surface area contributed by atoms with E-state index in [2.05, 4.69) is 26.1 Å². The second-order valence-electron chi connectivity index (χ2n) is 6.82. The van der Waals surface area contributed by atoms with Gasteiger partial charge in [-0.1, -0.05) is 32.9 Å². The molecule has 24 heavy (non-hydrogen) atoms. The number of thiophene rings is 1. The zero-order chi connectivity index (χ0) is 17.3. The van der Waals surface area contributed by atoms with Crippen molar-refractivity contribution in [3.05, 3.63) is 63.8 Å². The molecule has 0 aliphatic rings. The molecule has 0 saturated carbocycles. The third-order valence-corrected chi connectivity index (χ3v) is 4.85. The highest BCUT2D eigenvalue weighted by atomic mass is 32.1. The summed E-state index contributed by atoms with van der Waals surface area (Å²) in [5, 5.41) is 4.77. The number of hydrogen-bond donors (Lipinski definition) is 1. The highest BCUT2D eigenvalue weighted by Gasteiger charge is 2.13. The monoisotopic (exact) mass is 340 g/mol. The quantitative estimate of drug-likeness (QED) is 0.783. The van der Waals surface area contributed by atoms with Crippen LogP contribution in [-0.2, 0) is 16.8 Å². The first kappa shape index (κ1) is 16.5. The van der Waals surface area contributed by atoms with Crippen LogP contribution in [0.1, 0.15) is 26.3 Å². The van der Waals surface area contributed by atoms with Gasteiger partial charge in [0.2, 0.25) is 5.91 Å². The van der Waals surface area contributed by atoms with Gasteiger partial charge in [-0.15, -0.1) is 11.3 Å². The smallest absolute Gasteiger partial charge is 0.244 e. The minimum Gasteiger partial charge on any atom is -0.337 e. The number of aromatic nitrogens is 1. The Morgan fingerprint density at radius 2 is 1.83 bits per heavy atom. The first-order valence-corrected chi connectivity index (χ1v) is 8.69. The number of nitrogens with one attached hydrogen (secondary N) is 1. The Morgan fingerprint density at radius 1 is 1.12 bits per heavy atom. The largest absolute Gasteiger partial charge is 0.337 e. The van der Waals surface area contributed by atoms with E-state index in [0.29, 0.717) is 4.70 Å². The van der Waals surface area contributed by atoms with Crippen LogP contribution in [0.25, 0.3) is 10.2 Å². The van der Waals surface area contributed by atoms with Crippen LogP contribution in [0.4, 0.5) is 5.69 Å². The van der Waals surface area contributed by atoms with Crippen molar-refractivity contribution in [2.24, 2.45) is 0 Å². The van der Waals surface area contributed by atoms with Crippen molar-refractivity contribution in [3.63, 3.8) is 0 Å². The number of pyridine rings is 1. The molecule has 0 unspecified atom stereocenters. The van der Waals surface area contributed by atoms with Crippen LogP contribution < -0.4 is 10.7 Å². The van der Waals surface area contributed by atoms with Gasteiger partial charge < -0.3 is 9.88 Å². The van der Waals surface area contributed by atoms with Crippen LogP contribution in [0.15, 0.2) is 52.8 Å². The fourth-order valence-corrected chi connectivity index (χ4v) is 3.40. The summed E-state index contributed by atoms with van der Waals surface area (Å²) in [6, 6.07) is 11.3. The number of rotatable bonds is 3. The normalized spacial score (nSPS) is 11.6. The lowest BCUT2D eigenvalue weighted by Crippen LogP contribution is -2.20. The molecule has 0 aliphatic carbocycles. The fourth-order valence-electron chi connectivity index (χ4n) is 2.57. The van der Waals surface area contributed by atoms with Crippen LogP contribution in [0.3, 0.4) is 0 Å². The molecular weight excluding hydrogens is 320 g/mol. The lowest BCUT2D eigenvalue weighted by molar-refractivity contribution is -0.116. The van der Waals surface area contributed by atoms with Crippen LogP contribution >= 0.6 is 11.3 Å². The number of carbonyl (C=O) groups excluding carboxylic acids is 1. The lowest BCUT2D eigenvalue weighted by Gasteiger charge is -2.19. The van der Waals surface area contributed by atoms with Gasteiger partial charge >= 0.3 is 0 Å². The Labute approximate surface area is 144 Å². The van der Waals surface area contributed by atoms with Gasteiger partial charge in [0.05, 0.1) is 10.2 Å². The average molecular weight is 340 g/mol. The highest BCUT2D eigenvalue weighted by Crippen LogP contribution is 2.23. The van der Waals surface area contributed by atoms with Crippen LogP contribution in [0.5, 0.6) is 0 Å². The molecule has 3 rings (SSSR count). The van der Waals surface area contributed by atoms with E-state index in [1.165, 1.54) is 23.0 Å². The maximum absolute atomic E-state index is 12.3. The maximum atomic E-state index is 12.3. The number of benzene rings is 1. The van der Waals surface area contributed by atoms with Crippen molar-refractivity contribution in [1.82, 2.24) is 4.57 Å². The lowest BCUT2D eigenvalue weighted by atomic mass is 9.87. The summed E-state index contributed by atoms with van der Waals surface area (Å²) in [4.78, 5) is 24.1. The molecule has 3 aromatic rings. The molecule has 0 aliphatic heterocycles. The summed E-state index contributed by atoms with van der Waals surface area (Å²) in [5.41, 5.74) is 2.87. The Morgan fingerprint density at radius 3 is 2.50 bits per heavy atom. The Bertz CT molecular complexity index is 930. The van der Waals surface area contributed by atoms with Crippen molar-refractivity contribution in [1.29, 1.82) is 0 Å². The van der Waals surface area contributed by atoms with E-state index in [0.717, 1.165) is 11.2 Å². The minimum atomic E-state index is -0.116. The number of hydrogen-bond acceptors (Lipinski definition) is 3.